The van der Waals surface area contributed by atoms with Crippen LogP contribution >= 0.6 is 0 Å². The van der Waals surface area contributed by atoms with Crippen molar-refractivity contribution in [2.45, 2.75) is 19.3 Å². The van der Waals surface area contributed by atoms with Crippen molar-refractivity contribution in [1.82, 2.24) is 5.32 Å². The Kier molecular flexibility index (Phi) is 7.89. The predicted molar refractivity (Wildman–Crippen MR) is 75.3 cm³/mol. The lowest BCUT2D eigenvalue weighted by atomic mass is 10.2. The Bertz CT molecular complexity index is 391. The van der Waals surface area contributed by atoms with Gasteiger partial charge in [-0.15, -0.1) is 0 Å². The lowest BCUT2D eigenvalue weighted by Gasteiger charge is -2.29. The lowest BCUT2D eigenvalue weighted by molar-refractivity contribution is -0.889. The molecule has 7 heteroatoms. The molecule has 0 atom stereocenters. The molecule has 6 nitrogen and oxygen atoms in total. The van der Waals surface area contributed by atoms with Crippen LogP contribution in [0.3, 0.4) is 0 Å². The first-order valence-corrected chi connectivity index (χ1v) is 7.95. The van der Waals surface area contributed by atoms with Gasteiger partial charge >= 0.3 is 0 Å². The zero-order valence-electron chi connectivity index (χ0n) is 11.8. The maximum absolute atomic E-state index is 11.0. The first-order valence-electron chi connectivity index (χ1n) is 6.34. The molecule has 0 bridgehead atoms. The molecular weight excluding hydrogens is 268 g/mol. The van der Waals surface area contributed by atoms with Crippen LogP contribution in [0.15, 0.2) is 12.7 Å². The highest BCUT2D eigenvalue weighted by molar-refractivity contribution is 7.85. The van der Waals surface area contributed by atoms with Crippen LogP contribution in [0.1, 0.15) is 19.3 Å². The number of unbranched alkanes of at least 4 members (excludes halogenated alkanes) is 2. The summed E-state index contributed by atoms with van der Waals surface area (Å²) in [5.41, 5.74) is 0. The molecule has 0 aliphatic heterocycles. The van der Waals surface area contributed by atoms with Crippen LogP contribution in [0.2, 0.25) is 0 Å². The Morgan fingerprint density at radius 3 is 2.42 bits per heavy atom. The molecule has 0 aliphatic carbocycles. The van der Waals surface area contributed by atoms with Gasteiger partial charge in [-0.25, -0.2) is 0 Å². The van der Waals surface area contributed by atoms with Crippen LogP contribution in [0, 0.1) is 0 Å². The molecule has 0 saturated carbocycles. The summed E-state index contributed by atoms with van der Waals surface area (Å²) < 4.78 is 30.4. The van der Waals surface area contributed by atoms with Crippen LogP contribution < -0.4 is 5.32 Å². The Labute approximate surface area is 115 Å². The van der Waals surface area contributed by atoms with E-state index in [2.05, 4.69) is 26.0 Å². The highest BCUT2D eigenvalue weighted by Crippen LogP contribution is 2.04. The number of rotatable bonds is 10. The second-order valence-electron chi connectivity index (χ2n) is 5.22. The van der Waals surface area contributed by atoms with Gasteiger partial charge in [-0.3, -0.25) is 9.35 Å². The van der Waals surface area contributed by atoms with Crippen molar-refractivity contribution in [2.24, 2.45) is 0 Å². The van der Waals surface area contributed by atoms with E-state index >= 15 is 0 Å². The molecule has 0 aliphatic rings. The van der Waals surface area contributed by atoms with Crippen molar-refractivity contribution >= 4 is 16.0 Å². The van der Waals surface area contributed by atoms with Gasteiger partial charge in [0.15, 0.2) is 0 Å². The lowest BCUT2D eigenvalue weighted by Crippen LogP contribution is -2.45. The SMILES string of the molecule is C=CC(=O)NCC[N+](C)(C)CCCCCS(=O)(=O)O. The minimum Gasteiger partial charge on any atom is -0.347 e. The maximum Gasteiger partial charge on any atom is 0.264 e. The maximum atomic E-state index is 11.0. The average Bonchev–Trinajstić information content (AvgIpc) is 2.26. The third-order valence-electron chi connectivity index (χ3n) is 2.87. The summed E-state index contributed by atoms with van der Waals surface area (Å²) in [5, 5.41) is 2.72. The standard InChI is InChI=1S/C12H24N2O4S/c1-4-12(15)13-8-10-14(2,3)9-6-5-7-11-19(16,17)18/h4H,1,5-11H2,2-3H3,(H-,13,15,16,17,18)/p+1. The summed E-state index contributed by atoms with van der Waals surface area (Å²) in [7, 11) is 0.288. The summed E-state index contributed by atoms with van der Waals surface area (Å²) in [6.45, 7) is 5.67. The van der Waals surface area contributed by atoms with E-state index in [1.54, 1.807) is 0 Å². The summed E-state index contributed by atoms with van der Waals surface area (Å²) >= 11 is 0. The van der Waals surface area contributed by atoms with Crippen LogP contribution in [-0.2, 0) is 14.9 Å². The first kappa shape index (κ1) is 18.1. The number of quaternary nitrogens is 1. The Balaban J connectivity index is 3.72. The fourth-order valence-electron chi connectivity index (χ4n) is 1.67. The van der Waals surface area contributed by atoms with Gasteiger partial charge in [0, 0.05) is 0 Å². The molecule has 0 aromatic carbocycles. The third-order valence-corrected chi connectivity index (χ3v) is 3.67. The highest BCUT2D eigenvalue weighted by atomic mass is 32.2. The van der Waals surface area contributed by atoms with Crippen molar-refractivity contribution in [1.29, 1.82) is 0 Å². The fraction of sp³-hybridized carbons (Fsp3) is 0.750. The van der Waals surface area contributed by atoms with E-state index in [-0.39, 0.29) is 11.7 Å². The van der Waals surface area contributed by atoms with Crippen molar-refractivity contribution in [2.75, 3.05) is 39.5 Å². The minimum atomic E-state index is -3.83. The molecule has 0 heterocycles. The number of hydrogen-bond acceptors (Lipinski definition) is 3. The second-order valence-corrected chi connectivity index (χ2v) is 6.80. The van der Waals surface area contributed by atoms with Gasteiger partial charge in [-0.2, -0.15) is 8.42 Å². The largest absolute Gasteiger partial charge is 0.347 e. The summed E-state index contributed by atoms with van der Waals surface area (Å²) in [4.78, 5) is 11.0. The first-order chi connectivity index (χ1) is 8.66. The van der Waals surface area contributed by atoms with E-state index in [0.717, 1.165) is 30.4 Å². The van der Waals surface area contributed by atoms with Gasteiger partial charge in [0.05, 0.1) is 39.5 Å². The van der Waals surface area contributed by atoms with E-state index in [1.165, 1.54) is 6.08 Å². The molecule has 1 amide bonds. The van der Waals surface area contributed by atoms with E-state index in [4.69, 9.17) is 4.55 Å². The molecule has 2 N–H and O–H groups in total. The Morgan fingerprint density at radius 1 is 1.26 bits per heavy atom. The van der Waals surface area contributed by atoms with E-state index in [9.17, 15) is 13.2 Å². The summed E-state index contributed by atoms with van der Waals surface area (Å²) in [6, 6.07) is 0. The Hall–Kier alpha value is -0.920. The topological polar surface area (TPSA) is 83.5 Å². The third kappa shape index (κ3) is 11.9. The molecule has 0 aromatic heterocycles. The number of amides is 1. The van der Waals surface area contributed by atoms with Crippen LogP contribution in [-0.4, -0.2) is 62.8 Å². The van der Waals surface area contributed by atoms with E-state index in [0.29, 0.717) is 13.0 Å². The smallest absolute Gasteiger partial charge is 0.264 e. The number of nitrogens with one attached hydrogen (secondary N) is 1. The van der Waals surface area contributed by atoms with Gasteiger partial charge in [-0.1, -0.05) is 6.58 Å². The zero-order chi connectivity index (χ0) is 14.9. The monoisotopic (exact) mass is 293 g/mol. The fourth-order valence-corrected chi connectivity index (χ4v) is 2.24. The second kappa shape index (κ2) is 8.29. The molecular formula is C12H25N2O4S+. The van der Waals surface area contributed by atoms with Gasteiger partial charge < -0.3 is 9.80 Å². The molecule has 0 spiro atoms. The number of likely N-dealkylation sites (N-methyl/N-ethyl adjacent to an activating group) is 1. The van der Waals surface area contributed by atoms with E-state index in [1.807, 2.05) is 0 Å². The van der Waals surface area contributed by atoms with Crippen LogP contribution in [0.4, 0.5) is 0 Å². The molecule has 0 aromatic rings. The van der Waals surface area contributed by atoms with Gasteiger partial charge in [0.25, 0.3) is 10.1 Å². The molecule has 112 valence electrons. The zero-order valence-corrected chi connectivity index (χ0v) is 12.6. The molecule has 0 fully saturated rings. The normalized spacial score (nSPS) is 12.2. The van der Waals surface area contributed by atoms with Crippen LogP contribution in [0.25, 0.3) is 0 Å². The van der Waals surface area contributed by atoms with E-state index < -0.39 is 10.1 Å². The molecule has 0 rings (SSSR count). The minimum absolute atomic E-state index is 0.171. The van der Waals surface area contributed by atoms with Crippen molar-refractivity contribution < 1.29 is 22.2 Å². The van der Waals surface area contributed by atoms with Crippen molar-refractivity contribution in [3.63, 3.8) is 0 Å². The average molecular weight is 293 g/mol. The number of carbonyl (C=O) groups excluding carboxylic acids is 1. The summed E-state index contributed by atoms with van der Waals surface area (Å²) in [6.07, 6.45) is 3.37. The number of hydrogen-bond donors (Lipinski definition) is 2. The number of nitrogens with zero attached hydrogens (tertiary/aromatic N) is 1. The van der Waals surface area contributed by atoms with Gasteiger partial charge in [-0.05, 0) is 25.3 Å². The number of carbonyl (C=O) groups is 1. The summed E-state index contributed by atoms with van der Waals surface area (Å²) in [5.74, 6) is -0.344. The molecule has 0 radical (unpaired) electrons. The molecule has 19 heavy (non-hydrogen) atoms. The van der Waals surface area contributed by atoms with Gasteiger partial charge in [0.1, 0.15) is 0 Å². The van der Waals surface area contributed by atoms with Gasteiger partial charge in [0.2, 0.25) is 5.91 Å². The van der Waals surface area contributed by atoms with Crippen molar-refractivity contribution in [3.05, 3.63) is 12.7 Å². The predicted octanol–water partition coefficient (Wildman–Crippen LogP) is 0.423. The quantitative estimate of drug-likeness (QED) is 0.265. The Morgan fingerprint density at radius 2 is 1.89 bits per heavy atom. The molecule has 0 unspecified atom stereocenters. The molecule has 0 saturated heterocycles. The van der Waals surface area contributed by atoms with Crippen molar-refractivity contribution in [3.8, 4) is 0 Å². The van der Waals surface area contributed by atoms with Crippen LogP contribution in [0.5, 0.6) is 0 Å². The highest BCUT2D eigenvalue weighted by Gasteiger charge is 2.14.